The highest BCUT2D eigenvalue weighted by Crippen LogP contribution is 2.35. The number of hydrogen-bond acceptors (Lipinski definition) is 5. The summed E-state index contributed by atoms with van der Waals surface area (Å²) in [5.41, 5.74) is 6.94. The van der Waals surface area contributed by atoms with E-state index in [0.29, 0.717) is 0 Å². The Labute approximate surface area is 175 Å². The first-order valence-electron chi connectivity index (χ1n) is 10.9. The van der Waals surface area contributed by atoms with Gasteiger partial charge in [-0.3, -0.25) is 4.79 Å². The van der Waals surface area contributed by atoms with E-state index >= 15 is 0 Å². The summed E-state index contributed by atoms with van der Waals surface area (Å²) in [7, 11) is 0. The van der Waals surface area contributed by atoms with Crippen LogP contribution in [0.15, 0.2) is 30.5 Å². The maximum atomic E-state index is 13.3. The van der Waals surface area contributed by atoms with Gasteiger partial charge in [-0.05, 0) is 43.5 Å². The highest BCUT2D eigenvalue weighted by molar-refractivity contribution is 5.98. The number of aryl methyl sites for hydroxylation is 1. The molecule has 7 heteroatoms. The van der Waals surface area contributed by atoms with Crippen molar-refractivity contribution < 1.29 is 4.79 Å². The Morgan fingerprint density at radius 3 is 2.90 bits per heavy atom. The lowest BCUT2D eigenvalue weighted by molar-refractivity contribution is -0.123. The Hall–Kier alpha value is -2.93. The van der Waals surface area contributed by atoms with E-state index in [9.17, 15) is 4.79 Å². The number of aromatic nitrogens is 3. The van der Waals surface area contributed by atoms with Crippen molar-refractivity contribution in [1.82, 2.24) is 19.9 Å². The number of anilines is 2. The van der Waals surface area contributed by atoms with Crippen LogP contribution in [0.1, 0.15) is 22.4 Å². The third kappa shape index (κ3) is 2.72. The summed E-state index contributed by atoms with van der Waals surface area (Å²) in [5, 5.41) is 8.02. The van der Waals surface area contributed by atoms with Crippen LogP contribution in [0.3, 0.4) is 0 Å². The molecule has 0 spiro atoms. The van der Waals surface area contributed by atoms with Gasteiger partial charge in [-0.2, -0.15) is 9.61 Å². The fourth-order valence-corrected chi connectivity index (χ4v) is 5.09. The largest absolute Gasteiger partial charge is 0.354 e. The fraction of sp³-hybridized carbons (Fsp3) is 0.435. The summed E-state index contributed by atoms with van der Waals surface area (Å²) < 4.78 is 1.96. The average molecular weight is 403 g/mol. The summed E-state index contributed by atoms with van der Waals surface area (Å²) in [5.74, 6) is 1.43. The zero-order chi connectivity index (χ0) is 20.2. The number of benzene rings is 1. The van der Waals surface area contributed by atoms with Crippen LogP contribution in [0.5, 0.6) is 0 Å². The molecule has 1 N–H and O–H groups in total. The lowest BCUT2D eigenvalue weighted by atomic mass is 9.96. The molecule has 7 nitrogen and oxygen atoms in total. The van der Waals surface area contributed by atoms with E-state index < -0.39 is 0 Å². The van der Waals surface area contributed by atoms with Crippen LogP contribution < -0.4 is 15.1 Å². The molecule has 1 aromatic carbocycles. The van der Waals surface area contributed by atoms with Gasteiger partial charge in [0.25, 0.3) is 0 Å². The summed E-state index contributed by atoms with van der Waals surface area (Å²) in [4.78, 5) is 22.5. The third-order valence-corrected chi connectivity index (χ3v) is 6.71. The van der Waals surface area contributed by atoms with Crippen molar-refractivity contribution >= 4 is 23.1 Å². The summed E-state index contributed by atoms with van der Waals surface area (Å²) in [6.07, 6.45) is 4.65. The molecule has 3 aliphatic heterocycles. The monoisotopic (exact) mass is 402 g/mol. The molecule has 5 heterocycles. The van der Waals surface area contributed by atoms with E-state index in [0.717, 1.165) is 69.1 Å². The number of hydrogen-bond donors (Lipinski definition) is 1. The van der Waals surface area contributed by atoms with Gasteiger partial charge in [0.2, 0.25) is 5.91 Å². The fourth-order valence-electron chi connectivity index (χ4n) is 5.09. The van der Waals surface area contributed by atoms with Crippen molar-refractivity contribution in [2.24, 2.45) is 5.92 Å². The maximum absolute atomic E-state index is 13.3. The molecule has 1 amide bonds. The molecule has 3 aliphatic rings. The molecular formula is C23H26N6O. The number of nitrogens with one attached hydrogen (secondary N) is 1. The zero-order valence-corrected chi connectivity index (χ0v) is 17.3. The molecule has 0 aliphatic carbocycles. The Kier molecular flexibility index (Phi) is 4.06. The standard InChI is InChI=1S/C23H26N6O/c1-15-2-3-16-7-11-28(20(16)12-15)23(30)17-13-27(14-17)22-18-4-8-24-9-5-19(18)26-21-6-10-25-29(21)22/h2-3,6,10,12,17,24H,4-5,7-9,11,13-14H2,1H3. The van der Waals surface area contributed by atoms with Crippen molar-refractivity contribution in [1.29, 1.82) is 0 Å². The van der Waals surface area contributed by atoms with Gasteiger partial charge >= 0.3 is 0 Å². The van der Waals surface area contributed by atoms with Crippen LogP contribution >= 0.6 is 0 Å². The van der Waals surface area contributed by atoms with Crippen molar-refractivity contribution in [3.05, 3.63) is 52.8 Å². The van der Waals surface area contributed by atoms with E-state index in [-0.39, 0.29) is 11.8 Å². The molecule has 3 aromatic rings. The second-order valence-electron chi connectivity index (χ2n) is 8.69. The summed E-state index contributed by atoms with van der Waals surface area (Å²) in [6, 6.07) is 8.42. The van der Waals surface area contributed by atoms with E-state index in [1.54, 1.807) is 0 Å². The van der Waals surface area contributed by atoms with Gasteiger partial charge < -0.3 is 15.1 Å². The molecule has 0 unspecified atom stereocenters. The van der Waals surface area contributed by atoms with Crippen LogP contribution in [0.25, 0.3) is 5.65 Å². The minimum atomic E-state index is 0.0368. The average Bonchev–Trinajstić information content (AvgIpc) is 3.27. The first-order chi connectivity index (χ1) is 14.7. The van der Waals surface area contributed by atoms with Gasteiger partial charge in [-0.1, -0.05) is 12.1 Å². The second kappa shape index (κ2) is 6.80. The molecule has 1 fully saturated rings. The summed E-state index contributed by atoms with van der Waals surface area (Å²) in [6.45, 7) is 6.29. The van der Waals surface area contributed by atoms with Gasteiger partial charge in [0, 0.05) is 49.9 Å². The number of amides is 1. The number of fused-ring (bicyclic) bond motifs is 3. The predicted octanol–water partition coefficient (Wildman–Crippen LogP) is 1.75. The third-order valence-electron chi connectivity index (χ3n) is 6.71. The van der Waals surface area contributed by atoms with Crippen LogP contribution in [0.2, 0.25) is 0 Å². The number of rotatable bonds is 2. The number of carbonyl (C=O) groups excluding carboxylic acids is 1. The van der Waals surface area contributed by atoms with E-state index in [1.165, 1.54) is 22.4 Å². The van der Waals surface area contributed by atoms with Crippen LogP contribution in [0, 0.1) is 12.8 Å². The van der Waals surface area contributed by atoms with E-state index in [4.69, 9.17) is 4.98 Å². The molecule has 0 bridgehead atoms. The Morgan fingerprint density at radius 1 is 1.13 bits per heavy atom. The Balaban J connectivity index is 1.27. The highest BCUT2D eigenvalue weighted by Gasteiger charge is 2.40. The maximum Gasteiger partial charge on any atom is 0.233 e. The SMILES string of the molecule is Cc1ccc2c(c1)N(C(=O)C1CN(c3c4c(nc5ccnn35)CCNCC4)C1)CC2. The highest BCUT2D eigenvalue weighted by atomic mass is 16.2. The predicted molar refractivity (Wildman–Crippen MR) is 116 cm³/mol. The molecule has 30 heavy (non-hydrogen) atoms. The molecule has 0 saturated carbocycles. The Bertz CT molecular complexity index is 1150. The smallest absolute Gasteiger partial charge is 0.233 e. The molecule has 0 radical (unpaired) electrons. The van der Waals surface area contributed by atoms with Crippen molar-refractivity contribution in [2.75, 3.05) is 42.5 Å². The van der Waals surface area contributed by atoms with Gasteiger partial charge in [0.05, 0.1) is 17.8 Å². The van der Waals surface area contributed by atoms with Gasteiger partial charge in [0.1, 0.15) is 5.82 Å². The van der Waals surface area contributed by atoms with Gasteiger partial charge in [0.15, 0.2) is 5.65 Å². The minimum absolute atomic E-state index is 0.0368. The Morgan fingerprint density at radius 2 is 2.00 bits per heavy atom. The lowest BCUT2D eigenvalue weighted by Gasteiger charge is -2.42. The molecule has 1 saturated heterocycles. The lowest BCUT2D eigenvalue weighted by Crippen LogP contribution is -2.55. The number of nitrogens with zero attached hydrogens (tertiary/aromatic N) is 5. The first kappa shape index (κ1) is 17.9. The van der Waals surface area contributed by atoms with Crippen LogP contribution in [0.4, 0.5) is 11.5 Å². The second-order valence-corrected chi connectivity index (χ2v) is 8.69. The quantitative estimate of drug-likeness (QED) is 0.708. The first-order valence-corrected chi connectivity index (χ1v) is 10.9. The van der Waals surface area contributed by atoms with Crippen molar-refractivity contribution in [3.63, 3.8) is 0 Å². The van der Waals surface area contributed by atoms with E-state index in [2.05, 4.69) is 40.4 Å². The van der Waals surface area contributed by atoms with Gasteiger partial charge in [-0.15, -0.1) is 0 Å². The van der Waals surface area contributed by atoms with Gasteiger partial charge in [-0.25, -0.2) is 4.98 Å². The van der Waals surface area contributed by atoms with Crippen molar-refractivity contribution in [2.45, 2.75) is 26.2 Å². The van der Waals surface area contributed by atoms with E-state index in [1.807, 2.05) is 21.7 Å². The molecular weight excluding hydrogens is 376 g/mol. The normalized spacial score (nSPS) is 18.8. The van der Waals surface area contributed by atoms with Crippen LogP contribution in [-0.2, 0) is 24.1 Å². The molecule has 2 aromatic heterocycles. The minimum Gasteiger partial charge on any atom is -0.354 e. The van der Waals surface area contributed by atoms with Crippen molar-refractivity contribution in [3.8, 4) is 0 Å². The number of carbonyl (C=O) groups is 1. The molecule has 6 rings (SSSR count). The zero-order valence-electron chi connectivity index (χ0n) is 17.3. The summed E-state index contributed by atoms with van der Waals surface area (Å²) >= 11 is 0. The van der Waals surface area contributed by atoms with Crippen LogP contribution in [-0.4, -0.2) is 53.2 Å². The topological polar surface area (TPSA) is 65.8 Å². The molecule has 0 atom stereocenters. The molecule has 154 valence electrons.